The van der Waals surface area contributed by atoms with Crippen molar-refractivity contribution in [1.29, 1.82) is 0 Å². The Balaban J connectivity index is 2.14. The van der Waals surface area contributed by atoms with Crippen molar-refractivity contribution in [1.82, 2.24) is 24.4 Å². The first kappa shape index (κ1) is 17.7. The van der Waals surface area contributed by atoms with Crippen LogP contribution in [-0.2, 0) is 10.6 Å². The summed E-state index contributed by atoms with van der Waals surface area (Å²) in [5.41, 5.74) is 12.1. The molecule has 10 heteroatoms. The fourth-order valence-corrected chi connectivity index (χ4v) is 3.14. The summed E-state index contributed by atoms with van der Waals surface area (Å²) < 4.78 is 7.62. The lowest BCUT2D eigenvalue weighted by Gasteiger charge is -2.40. The third-order valence-corrected chi connectivity index (χ3v) is 4.48. The van der Waals surface area contributed by atoms with E-state index in [0.29, 0.717) is 24.3 Å². The van der Waals surface area contributed by atoms with Crippen LogP contribution in [0.3, 0.4) is 0 Å². The number of hydrogen-bond acceptors (Lipinski definition) is 9. The quantitative estimate of drug-likeness (QED) is 0.478. The van der Waals surface area contributed by atoms with Crippen molar-refractivity contribution in [2.45, 2.75) is 31.1 Å². The van der Waals surface area contributed by atoms with Crippen molar-refractivity contribution in [3.05, 3.63) is 24.8 Å². The number of likely N-dealkylation sites (N-methyl/N-ethyl adjacent to an activating group) is 1. The van der Waals surface area contributed by atoms with Gasteiger partial charge in [0.05, 0.1) is 6.10 Å². The lowest BCUT2D eigenvalue weighted by Crippen LogP contribution is -2.56. The van der Waals surface area contributed by atoms with Gasteiger partial charge < -0.3 is 26.4 Å². The highest BCUT2D eigenvalue weighted by Gasteiger charge is 2.57. The number of fused-ring (bicyclic) bond motifs is 1. The largest absolute Gasteiger partial charge is 0.387 e. The third kappa shape index (κ3) is 2.68. The first-order valence-corrected chi connectivity index (χ1v) is 7.97. The van der Waals surface area contributed by atoms with Crippen LogP contribution in [0.5, 0.6) is 0 Å². The molecule has 1 aliphatic rings. The van der Waals surface area contributed by atoms with Gasteiger partial charge in [-0.15, -0.1) is 0 Å². The predicted molar refractivity (Wildman–Crippen MR) is 91.1 cm³/mol. The number of ether oxygens (including phenoxy) is 1. The van der Waals surface area contributed by atoms with Gasteiger partial charge in [-0.05, 0) is 14.0 Å². The van der Waals surface area contributed by atoms with Crippen LogP contribution in [0.4, 0.5) is 5.82 Å². The molecule has 0 amide bonds. The number of nitrogens with two attached hydrogens (primary N) is 2. The van der Waals surface area contributed by atoms with Crippen molar-refractivity contribution in [2.75, 3.05) is 25.9 Å². The number of aliphatic hydroxyl groups is 2. The minimum atomic E-state index is -1.40. The van der Waals surface area contributed by atoms with Crippen LogP contribution in [0, 0.1) is 0 Å². The topological polar surface area (TPSA) is 149 Å². The monoisotopic (exact) mass is 349 g/mol. The van der Waals surface area contributed by atoms with Gasteiger partial charge >= 0.3 is 0 Å². The SMILES string of the molecule is C[C@H]1O[C@@](N(C)C/C=C\CN)(n2cnc3c(N)ncnc32)[C@H](O)[C@@H]1O. The fraction of sp³-hybridized carbons (Fsp3) is 0.533. The number of imidazole rings is 1. The van der Waals surface area contributed by atoms with Crippen LogP contribution >= 0.6 is 0 Å². The Morgan fingerprint density at radius 2 is 2.12 bits per heavy atom. The molecule has 0 aromatic carbocycles. The van der Waals surface area contributed by atoms with E-state index in [4.69, 9.17) is 16.2 Å². The number of rotatable bonds is 5. The van der Waals surface area contributed by atoms with E-state index in [1.165, 1.54) is 12.7 Å². The zero-order chi connectivity index (χ0) is 18.2. The molecule has 0 unspecified atom stereocenters. The molecular weight excluding hydrogens is 326 g/mol. The molecule has 10 nitrogen and oxygen atoms in total. The Hall–Kier alpha value is -2.11. The first-order chi connectivity index (χ1) is 11.9. The van der Waals surface area contributed by atoms with E-state index in [0.717, 1.165) is 0 Å². The standard InChI is InChI=1S/C15H23N7O3/c1-9-11(23)12(24)15(25-9,21(2)6-4-3-5-16)22-8-20-10-13(17)18-7-19-14(10)22/h3-4,7-9,11-12,23-24H,5-6,16H2,1-2H3,(H2,17,18,19)/b4-3-/t9-,11-,12-,15+/m1/s1. The van der Waals surface area contributed by atoms with E-state index in [9.17, 15) is 10.2 Å². The molecule has 0 spiro atoms. The maximum absolute atomic E-state index is 10.8. The number of aromatic nitrogens is 4. The van der Waals surface area contributed by atoms with Crippen LogP contribution in [0.25, 0.3) is 11.2 Å². The van der Waals surface area contributed by atoms with Crippen LogP contribution < -0.4 is 11.5 Å². The molecule has 1 saturated heterocycles. The van der Waals surface area contributed by atoms with Gasteiger partial charge in [0, 0.05) is 13.1 Å². The summed E-state index contributed by atoms with van der Waals surface area (Å²) in [6.07, 6.45) is 3.57. The Morgan fingerprint density at radius 3 is 2.76 bits per heavy atom. The average Bonchev–Trinajstić information content (AvgIpc) is 3.12. The summed E-state index contributed by atoms with van der Waals surface area (Å²) in [7, 11) is 1.77. The zero-order valence-electron chi connectivity index (χ0n) is 14.1. The molecule has 3 heterocycles. The van der Waals surface area contributed by atoms with E-state index < -0.39 is 24.2 Å². The van der Waals surface area contributed by atoms with Gasteiger partial charge in [-0.25, -0.2) is 15.0 Å². The number of aliphatic hydroxyl groups excluding tert-OH is 2. The van der Waals surface area contributed by atoms with E-state index >= 15 is 0 Å². The van der Waals surface area contributed by atoms with Gasteiger partial charge in [0.2, 0.25) is 5.85 Å². The number of anilines is 1. The molecule has 2 aromatic rings. The van der Waals surface area contributed by atoms with Crippen LogP contribution in [0.15, 0.2) is 24.8 Å². The molecule has 3 rings (SSSR count). The van der Waals surface area contributed by atoms with Gasteiger partial charge in [-0.2, -0.15) is 0 Å². The van der Waals surface area contributed by atoms with Crippen molar-refractivity contribution in [2.24, 2.45) is 5.73 Å². The molecule has 6 N–H and O–H groups in total. The second kappa shape index (κ2) is 6.65. The summed E-state index contributed by atoms with van der Waals surface area (Å²) in [6.45, 7) is 2.52. The molecule has 0 radical (unpaired) electrons. The van der Waals surface area contributed by atoms with Crippen LogP contribution in [-0.4, -0.2) is 73.1 Å². The number of hydrogen-bond donors (Lipinski definition) is 4. The maximum atomic E-state index is 10.8. The summed E-state index contributed by atoms with van der Waals surface area (Å²) in [4.78, 5) is 14.2. The lowest BCUT2D eigenvalue weighted by atomic mass is 10.1. The highest BCUT2D eigenvalue weighted by molar-refractivity contribution is 5.81. The molecule has 0 saturated carbocycles. The smallest absolute Gasteiger partial charge is 0.237 e. The average molecular weight is 349 g/mol. The number of nitrogen functional groups attached to an aromatic ring is 1. The van der Waals surface area contributed by atoms with Gasteiger partial charge in [0.1, 0.15) is 30.4 Å². The summed E-state index contributed by atoms with van der Waals surface area (Å²) in [6, 6.07) is 0. The second-order valence-corrected chi connectivity index (χ2v) is 6.05. The van der Waals surface area contributed by atoms with Crippen molar-refractivity contribution in [3.8, 4) is 0 Å². The van der Waals surface area contributed by atoms with Crippen molar-refractivity contribution < 1.29 is 14.9 Å². The third-order valence-electron chi connectivity index (χ3n) is 4.48. The Morgan fingerprint density at radius 1 is 1.36 bits per heavy atom. The summed E-state index contributed by atoms with van der Waals surface area (Å²) >= 11 is 0. The molecule has 136 valence electrons. The zero-order valence-corrected chi connectivity index (χ0v) is 14.1. The van der Waals surface area contributed by atoms with Gasteiger partial charge in [-0.1, -0.05) is 12.2 Å². The molecule has 1 fully saturated rings. The first-order valence-electron chi connectivity index (χ1n) is 7.97. The van der Waals surface area contributed by atoms with Crippen molar-refractivity contribution >= 4 is 17.0 Å². The normalized spacial score (nSPS) is 30.1. The highest BCUT2D eigenvalue weighted by atomic mass is 16.6. The molecule has 0 aliphatic carbocycles. The van der Waals surface area contributed by atoms with E-state index in [-0.39, 0.29) is 5.82 Å². The predicted octanol–water partition coefficient (Wildman–Crippen LogP) is -1.39. The van der Waals surface area contributed by atoms with Crippen LogP contribution in [0.2, 0.25) is 0 Å². The van der Waals surface area contributed by atoms with Gasteiger partial charge in [0.15, 0.2) is 11.5 Å². The minimum Gasteiger partial charge on any atom is -0.387 e. The molecule has 1 aliphatic heterocycles. The summed E-state index contributed by atoms with van der Waals surface area (Å²) in [5.74, 6) is -1.17. The van der Waals surface area contributed by atoms with E-state index in [2.05, 4.69) is 15.0 Å². The maximum Gasteiger partial charge on any atom is 0.237 e. The van der Waals surface area contributed by atoms with Gasteiger partial charge in [-0.3, -0.25) is 9.47 Å². The minimum absolute atomic E-state index is 0.227. The van der Waals surface area contributed by atoms with E-state index in [1.54, 1.807) is 29.5 Å². The summed E-state index contributed by atoms with van der Waals surface area (Å²) in [5, 5.41) is 21.1. The Kier molecular flexibility index (Phi) is 4.71. The molecule has 25 heavy (non-hydrogen) atoms. The van der Waals surface area contributed by atoms with Crippen molar-refractivity contribution in [3.63, 3.8) is 0 Å². The fourth-order valence-electron chi connectivity index (χ4n) is 3.14. The second-order valence-electron chi connectivity index (χ2n) is 6.05. The highest BCUT2D eigenvalue weighted by Crippen LogP contribution is 2.39. The van der Waals surface area contributed by atoms with Crippen LogP contribution in [0.1, 0.15) is 6.92 Å². The Bertz CT molecular complexity index is 780. The lowest BCUT2D eigenvalue weighted by molar-refractivity contribution is -0.226. The molecular formula is C15H23N7O3. The Labute approximate surface area is 144 Å². The molecule has 0 bridgehead atoms. The van der Waals surface area contributed by atoms with Gasteiger partial charge in [0.25, 0.3) is 0 Å². The van der Waals surface area contributed by atoms with E-state index in [1.807, 2.05) is 6.08 Å². The molecule has 2 aromatic heterocycles. The molecule has 4 atom stereocenters. The number of nitrogens with zero attached hydrogens (tertiary/aromatic N) is 5.